The summed E-state index contributed by atoms with van der Waals surface area (Å²) in [5.41, 5.74) is 0. The Bertz CT molecular complexity index is 336. The Morgan fingerprint density at radius 2 is 2.12 bits per heavy atom. The lowest BCUT2D eigenvalue weighted by Gasteiger charge is -2.24. The number of nitrogens with one attached hydrogen (secondary N) is 1. The van der Waals surface area contributed by atoms with E-state index in [-0.39, 0.29) is 0 Å². The van der Waals surface area contributed by atoms with Crippen LogP contribution in [0.2, 0.25) is 0 Å². The van der Waals surface area contributed by atoms with Crippen molar-refractivity contribution in [2.75, 3.05) is 6.54 Å². The maximum absolute atomic E-state index is 5.36. The van der Waals surface area contributed by atoms with Crippen LogP contribution in [-0.4, -0.2) is 28.0 Å². The Kier molecular flexibility index (Phi) is 4.86. The van der Waals surface area contributed by atoms with Gasteiger partial charge in [0.05, 0.1) is 0 Å². The van der Waals surface area contributed by atoms with E-state index < -0.39 is 0 Å². The average Bonchev–Trinajstić information content (AvgIpc) is 2.73. The normalized spacial score (nSPS) is 19.4. The van der Waals surface area contributed by atoms with Gasteiger partial charge in [0.2, 0.25) is 5.89 Å². The maximum Gasteiger partial charge on any atom is 0.276 e. The lowest BCUT2D eigenvalue weighted by Crippen LogP contribution is -2.35. The smallest absolute Gasteiger partial charge is 0.276 e. The van der Waals surface area contributed by atoms with Crippen molar-refractivity contribution in [1.29, 1.82) is 0 Å². The Morgan fingerprint density at radius 1 is 1.35 bits per heavy atom. The summed E-state index contributed by atoms with van der Waals surface area (Å²) in [6, 6.07) is 0.719. The van der Waals surface area contributed by atoms with Crippen molar-refractivity contribution in [2.45, 2.75) is 62.5 Å². The molecule has 1 saturated carbocycles. The molecule has 5 heteroatoms. The topological polar surface area (TPSA) is 51.0 Å². The van der Waals surface area contributed by atoms with Gasteiger partial charge in [0.1, 0.15) is 0 Å². The minimum absolute atomic E-state index is 0.469. The van der Waals surface area contributed by atoms with Gasteiger partial charge in [-0.1, -0.05) is 37.9 Å². The Balaban J connectivity index is 1.68. The zero-order chi connectivity index (χ0) is 12.1. The van der Waals surface area contributed by atoms with E-state index in [1.807, 2.05) is 6.92 Å². The second-order valence-electron chi connectivity index (χ2n) is 4.76. The standard InChI is InChI=1S/C12H21N3OS/c1-9(17-12-15-14-10(2)16-12)8-13-11-6-4-3-5-7-11/h9,11,13H,3-8H2,1-2H3. The number of nitrogens with zero attached hydrogens (tertiary/aromatic N) is 2. The van der Waals surface area contributed by atoms with Crippen LogP contribution < -0.4 is 5.32 Å². The van der Waals surface area contributed by atoms with Crippen molar-refractivity contribution >= 4 is 11.8 Å². The molecule has 0 aromatic carbocycles. The van der Waals surface area contributed by atoms with E-state index in [1.54, 1.807) is 11.8 Å². The predicted molar refractivity (Wildman–Crippen MR) is 69.2 cm³/mol. The van der Waals surface area contributed by atoms with Crippen molar-refractivity contribution in [1.82, 2.24) is 15.5 Å². The van der Waals surface area contributed by atoms with Crippen LogP contribution in [0.1, 0.15) is 44.9 Å². The Morgan fingerprint density at radius 3 is 2.76 bits per heavy atom. The van der Waals surface area contributed by atoms with Crippen LogP contribution in [0.5, 0.6) is 0 Å². The number of hydrogen-bond donors (Lipinski definition) is 1. The number of aromatic nitrogens is 2. The summed E-state index contributed by atoms with van der Waals surface area (Å²) in [4.78, 5) is 0. The molecule has 2 rings (SSSR count). The van der Waals surface area contributed by atoms with Crippen molar-refractivity contribution in [3.63, 3.8) is 0 Å². The van der Waals surface area contributed by atoms with Crippen molar-refractivity contribution in [2.24, 2.45) is 0 Å². The van der Waals surface area contributed by atoms with Gasteiger partial charge in [0, 0.05) is 24.8 Å². The van der Waals surface area contributed by atoms with Crippen LogP contribution in [0.3, 0.4) is 0 Å². The lowest BCUT2D eigenvalue weighted by atomic mass is 9.95. The molecule has 1 aromatic heterocycles. The highest BCUT2D eigenvalue weighted by molar-refractivity contribution is 7.99. The third-order valence-electron chi connectivity index (χ3n) is 3.11. The molecule has 96 valence electrons. The molecule has 1 unspecified atom stereocenters. The molecule has 1 atom stereocenters. The molecular formula is C12H21N3OS. The van der Waals surface area contributed by atoms with Gasteiger partial charge in [-0.25, -0.2) is 0 Å². The quantitative estimate of drug-likeness (QED) is 0.820. The summed E-state index contributed by atoms with van der Waals surface area (Å²) in [5.74, 6) is 0.639. The predicted octanol–water partition coefficient (Wildman–Crippen LogP) is 2.78. The van der Waals surface area contributed by atoms with E-state index in [0.717, 1.165) is 12.6 Å². The molecule has 1 aromatic rings. The number of thioether (sulfide) groups is 1. The lowest BCUT2D eigenvalue weighted by molar-refractivity contribution is 0.375. The van der Waals surface area contributed by atoms with E-state index in [2.05, 4.69) is 22.4 Å². The first-order valence-corrected chi connectivity index (χ1v) is 7.32. The van der Waals surface area contributed by atoms with Crippen LogP contribution in [0, 0.1) is 6.92 Å². The summed E-state index contributed by atoms with van der Waals surface area (Å²) < 4.78 is 5.36. The van der Waals surface area contributed by atoms with Gasteiger partial charge >= 0.3 is 0 Å². The molecule has 1 N–H and O–H groups in total. The van der Waals surface area contributed by atoms with E-state index in [0.29, 0.717) is 16.4 Å². The molecule has 17 heavy (non-hydrogen) atoms. The van der Waals surface area contributed by atoms with Crippen molar-refractivity contribution < 1.29 is 4.42 Å². The molecule has 0 saturated heterocycles. The van der Waals surface area contributed by atoms with Crippen LogP contribution in [0.4, 0.5) is 0 Å². The van der Waals surface area contributed by atoms with Gasteiger partial charge in [-0.15, -0.1) is 10.2 Å². The van der Waals surface area contributed by atoms with Gasteiger partial charge in [0.15, 0.2) is 0 Å². The fraction of sp³-hybridized carbons (Fsp3) is 0.833. The van der Waals surface area contributed by atoms with Gasteiger partial charge in [-0.3, -0.25) is 0 Å². The maximum atomic E-state index is 5.36. The molecule has 0 aliphatic heterocycles. The van der Waals surface area contributed by atoms with E-state index in [9.17, 15) is 0 Å². The number of rotatable bonds is 5. The van der Waals surface area contributed by atoms with Crippen molar-refractivity contribution in [3.05, 3.63) is 5.89 Å². The molecule has 1 aliphatic carbocycles. The SMILES string of the molecule is Cc1nnc(SC(C)CNC2CCCCC2)o1. The average molecular weight is 255 g/mol. The molecule has 1 aliphatic rings. The summed E-state index contributed by atoms with van der Waals surface area (Å²) in [7, 11) is 0. The monoisotopic (exact) mass is 255 g/mol. The molecule has 0 radical (unpaired) electrons. The zero-order valence-electron chi connectivity index (χ0n) is 10.6. The first kappa shape index (κ1) is 12.9. The fourth-order valence-electron chi connectivity index (χ4n) is 2.18. The minimum Gasteiger partial charge on any atom is -0.416 e. The number of hydrogen-bond acceptors (Lipinski definition) is 5. The van der Waals surface area contributed by atoms with Gasteiger partial charge < -0.3 is 9.73 Å². The molecule has 0 spiro atoms. The van der Waals surface area contributed by atoms with Gasteiger partial charge in [0.25, 0.3) is 5.22 Å². The highest BCUT2D eigenvalue weighted by Crippen LogP contribution is 2.22. The van der Waals surface area contributed by atoms with E-state index >= 15 is 0 Å². The molecule has 0 bridgehead atoms. The Labute approximate surface area is 107 Å². The third kappa shape index (κ3) is 4.32. The molecular weight excluding hydrogens is 234 g/mol. The molecule has 1 heterocycles. The van der Waals surface area contributed by atoms with Crippen LogP contribution >= 0.6 is 11.8 Å². The third-order valence-corrected chi connectivity index (χ3v) is 4.04. The summed E-state index contributed by atoms with van der Waals surface area (Å²) in [5, 5.41) is 12.6. The highest BCUT2D eigenvalue weighted by Gasteiger charge is 2.15. The Hall–Kier alpha value is -0.550. The summed E-state index contributed by atoms with van der Waals surface area (Å²) in [6.45, 7) is 5.03. The highest BCUT2D eigenvalue weighted by atomic mass is 32.2. The second kappa shape index (κ2) is 6.40. The first-order valence-electron chi connectivity index (χ1n) is 6.44. The first-order chi connectivity index (χ1) is 8.24. The molecule has 0 amide bonds. The van der Waals surface area contributed by atoms with Crippen LogP contribution in [0.25, 0.3) is 0 Å². The fourth-order valence-corrected chi connectivity index (χ4v) is 2.96. The largest absolute Gasteiger partial charge is 0.416 e. The van der Waals surface area contributed by atoms with E-state index in [1.165, 1.54) is 32.1 Å². The van der Waals surface area contributed by atoms with E-state index in [4.69, 9.17) is 4.42 Å². The molecule has 4 nitrogen and oxygen atoms in total. The summed E-state index contributed by atoms with van der Waals surface area (Å²) in [6.07, 6.45) is 6.82. The van der Waals surface area contributed by atoms with Crippen molar-refractivity contribution in [3.8, 4) is 0 Å². The van der Waals surface area contributed by atoms with Crippen LogP contribution in [0.15, 0.2) is 9.64 Å². The van der Waals surface area contributed by atoms with Crippen LogP contribution in [-0.2, 0) is 0 Å². The minimum atomic E-state index is 0.469. The zero-order valence-corrected chi connectivity index (χ0v) is 11.4. The van der Waals surface area contributed by atoms with Gasteiger partial charge in [-0.05, 0) is 12.8 Å². The second-order valence-corrected chi connectivity index (χ2v) is 6.15. The summed E-state index contributed by atoms with van der Waals surface area (Å²) >= 11 is 1.65. The number of aryl methyl sites for hydroxylation is 1. The van der Waals surface area contributed by atoms with Gasteiger partial charge in [-0.2, -0.15) is 0 Å². The molecule has 1 fully saturated rings.